The average molecular weight is 312 g/mol. The molecule has 2 N–H and O–H groups in total. The maximum atomic E-state index is 12.8. The molecule has 118 valence electrons. The third-order valence-corrected chi connectivity index (χ3v) is 3.94. The first-order valence-electron chi connectivity index (χ1n) is 7.54. The molecule has 0 spiro atoms. The van der Waals surface area contributed by atoms with Crippen molar-refractivity contribution < 1.29 is 14.0 Å². The first kappa shape index (κ1) is 15.2. The van der Waals surface area contributed by atoms with Crippen LogP contribution < -0.4 is 10.6 Å². The molecule has 1 unspecified atom stereocenters. The van der Waals surface area contributed by atoms with Crippen molar-refractivity contribution in [3.8, 4) is 0 Å². The Morgan fingerprint density at radius 1 is 1.13 bits per heavy atom. The first-order valence-corrected chi connectivity index (χ1v) is 7.54. The third kappa shape index (κ3) is 3.56. The predicted octanol–water partition coefficient (Wildman–Crippen LogP) is 2.61. The van der Waals surface area contributed by atoms with Gasteiger partial charge in [0.05, 0.1) is 12.3 Å². The summed E-state index contributed by atoms with van der Waals surface area (Å²) in [5, 5.41) is 5.65. The fourth-order valence-corrected chi connectivity index (χ4v) is 2.77. The summed E-state index contributed by atoms with van der Waals surface area (Å²) in [6, 6.07) is 13.4. The molecule has 1 aliphatic heterocycles. The standard InChI is InChI=1S/C18H17FN2O2/c19-13-7-5-12(6-8-13)11-17(22)20-10-9-15-14-3-1-2-4-16(14)21-18(15)23/h1-8,15H,9-11H2,(H,20,22)(H,21,23). The Hall–Kier alpha value is -2.69. The second-order valence-corrected chi connectivity index (χ2v) is 5.57. The van der Waals surface area contributed by atoms with Crippen LogP contribution in [-0.4, -0.2) is 18.4 Å². The molecule has 23 heavy (non-hydrogen) atoms. The molecular formula is C18H17FN2O2. The van der Waals surface area contributed by atoms with E-state index in [2.05, 4.69) is 10.6 Å². The van der Waals surface area contributed by atoms with Crippen LogP contribution in [0, 0.1) is 5.82 Å². The molecule has 1 heterocycles. The van der Waals surface area contributed by atoms with Crippen molar-refractivity contribution in [3.05, 3.63) is 65.5 Å². The Labute approximate surface area is 133 Å². The van der Waals surface area contributed by atoms with E-state index in [1.54, 1.807) is 12.1 Å². The second-order valence-electron chi connectivity index (χ2n) is 5.57. The molecule has 5 heteroatoms. The molecule has 2 aromatic carbocycles. The van der Waals surface area contributed by atoms with Crippen molar-refractivity contribution >= 4 is 17.5 Å². The number of anilines is 1. The van der Waals surface area contributed by atoms with E-state index in [-0.39, 0.29) is 30.0 Å². The Bertz CT molecular complexity index is 728. The fourth-order valence-electron chi connectivity index (χ4n) is 2.77. The highest BCUT2D eigenvalue weighted by Crippen LogP contribution is 2.33. The molecule has 0 radical (unpaired) electrons. The fraction of sp³-hybridized carbons (Fsp3) is 0.222. The summed E-state index contributed by atoms with van der Waals surface area (Å²) in [5.41, 5.74) is 2.58. The van der Waals surface area contributed by atoms with Gasteiger partial charge in [-0.3, -0.25) is 9.59 Å². The van der Waals surface area contributed by atoms with E-state index in [4.69, 9.17) is 0 Å². The van der Waals surface area contributed by atoms with E-state index in [0.29, 0.717) is 13.0 Å². The number of rotatable bonds is 5. The second kappa shape index (κ2) is 6.60. The van der Waals surface area contributed by atoms with Gasteiger partial charge in [0, 0.05) is 12.2 Å². The van der Waals surface area contributed by atoms with Crippen molar-refractivity contribution in [2.24, 2.45) is 0 Å². The summed E-state index contributed by atoms with van der Waals surface area (Å²) < 4.78 is 12.8. The molecule has 2 amide bonds. The van der Waals surface area contributed by atoms with Crippen LogP contribution in [0.1, 0.15) is 23.5 Å². The van der Waals surface area contributed by atoms with E-state index in [0.717, 1.165) is 16.8 Å². The minimum atomic E-state index is -0.319. The zero-order valence-electron chi connectivity index (χ0n) is 12.5. The zero-order chi connectivity index (χ0) is 16.2. The lowest BCUT2D eigenvalue weighted by molar-refractivity contribution is -0.121. The van der Waals surface area contributed by atoms with Crippen LogP contribution in [0.15, 0.2) is 48.5 Å². The molecule has 0 aliphatic carbocycles. The normalized spacial score (nSPS) is 15.9. The number of hydrogen-bond donors (Lipinski definition) is 2. The lowest BCUT2D eigenvalue weighted by atomic mass is 9.97. The molecule has 0 fully saturated rings. The number of fused-ring (bicyclic) bond motifs is 1. The molecule has 0 saturated heterocycles. The largest absolute Gasteiger partial charge is 0.356 e. The molecule has 4 nitrogen and oxygen atoms in total. The molecule has 0 bridgehead atoms. The summed E-state index contributed by atoms with van der Waals surface area (Å²) in [6.07, 6.45) is 0.756. The monoisotopic (exact) mass is 312 g/mol. The van der Waals surface area contributed by atoms with Crippen LogP contribution in [-0.2, 0) is 16.0 Å². The van der Waals surface area contributed by atoms with Crippen molar-refractivity contribution in [1.82, 2.24) is 5.32 Å². The molecule has 1 atom stereocenters. The molecule has 2 aromatic rings. The van der Waals surface area contributed by atoms with Gasteiger partial charge >= 0.3 is 0 Å². The smallest absolute Gasteiger partial charge is 0.232 e. The Balaban J connectivity index is 1.50. The zero-order valence-corrected chi connectivity index (χ0v) is 12.5. The van der Waals surface area contributed by atoms with Crippen molar-refractivity contribution in [2.45, 2.75) is 18.8 Å². The Kier molecular flexibility index (Phi) is 4.37. The van der Waals surface area contributed by atoms with Crippen LogP contribution in [0.4, 0.5) is 10.1 Å². The van der Waals surface area contributed by atoms with Gasteiger partial charge in [-0.1, -0.05) is 30.3 Å². The van der Waals surface area contributed by atoms with Gasteiger partial charge in [0.25, 0.3) is 0 Å². The summed E-state index contributed by atoms with van der Waals surface area (Å²) >= 11 is 0. The SMILES string of the molecule is O=C(Cc1ccc(F)cc1)NCCC1C(=O)Nc2ccccc21. The van der Waals surface area contributed by atoms with Gasteiger partial charge in [-0.25, -0.2) is 4.39 Å². The van der Waals surface area contributed by atoms with Crippen LogP contribution in [0.2, 0.25) is 0 Å². The number of amides is 2. The minimum absolute atomic E-state index is 0.0287. The van der Waals surface area contributed by atoms with Crippen LogP contribution in [0.3, 0.4) is 0 Å². The van der Waals surface area contributed by atoms with E-state index >= 15 is 0 Å². The van der Waals surface area contributed by atoms with Gasteiger partial charge in [0.15, 0.2) is 0 Å². The van der Waals surface area contributed by atoms with E-state index in [1.165, 1.54) is 12.1 Å². The lowest BCUT2D eigenvalue weighted by Crippen LogP contribution is -2.28. The highest BCUT2D eigenvalue weighted by atomic mass is 19.1. The summed E-state index contributed by atoms with van der Waals surface area (Å²) in [6.45, 7) is 0.423. The highest BCUT2D eigenvalue weighted by Gasteiger charge is 2.29. The van der Waals surface area contributed by atoms with Crippen LogP contribution in [0.25, 0.3) is 0 Å². The highest BCUT2D eigenvalue weighted by molar-refractivity contribution is 6.02. The van der Waals surface area contributed by atoms with Gasteiger partial charge in [-0.05, 0) is 35.7 Å². The van der Waals surface area contributed by atoms with E-state index < -0.39 is 0 Å². The van der Waals surface area contributed by atoms with Crippen LogP contribution in [0.5, 0.6) is 0 Å². The number of hydrogen-bond acceptors (Lipinski definition) is 2. The van der Waals surface area contributed by atoms with Gasteiger partial charge in [-0.15, -0.1) is 0 Å². The van der Waals surface area contributed by atoms with Gasteiger partial charge in [0.1, 0.15) is 5.82 Å². The topological polar surface area (TPSA) is 58.2 Å². The molecular weight excluding hydrogens is 295 g/mol. The van der Waals surface area contributed by atoms with Gasteiger partial charge < -0.3 is 10.6 Å². The average Bonchev–Trinajstić information content (AvgIpc) is 2.86. The maximum Gasteiger partial charge on any atom is 0.232 e. The minimum Gasteiger partial charge on any atom is -0.356 e. The number of nitrogens with one attached hydrogen (secondary N) is 2. The number of para-hydroxylation sites is 1. The molecule has 3 rings (SSSR count). The van der Waals surface area contributed by atoms with Crippen molar-refractivity contribution in [3.63, 3.8) is 0 Å². The summed E-state index contributed by atoms with van der Waals surface area (Å²) in [5.74, 6) is -0.709. The molecule has 0 aromatic heterocycles. The van der Waals surface area contributed by atoms with Gasteiger partial charge in [0.2, 0.25) is 11.8 Å². The molecule has 0 saturated carbocycles. The van der Waals surface area contributed by atoms with Crippen molar-refractivity contribution in [2.75, 3.05) is 11.9 Å². The maximum absolute atomic E-state index is 12.8. The third-order valence-electron chi connectivity index (χ3n) is 3.94. The van der Waals surface area contributed by atoms with Crippen molar-refractivity contribution in [1.29, 1.82) is 0 Å². The lowest BCUT2D eigenvalue weighted by Gasteiger charge is -2.10. The van der Waals surface area contributed by atoms with E-state index in [1.807, 2.05) is 24.3 Å². The van der Waals surface area contributed by atoms with E-state index in [9.17, 15) is 14.0 Å². The van der Waals surface area contributed by atoms with Gasteiger partial charge in [-0.2, -0.15) is 0 Å². The first-order chi connectivity index (χ1) is 11.1. The summed E-state index contributed by atoms with van der Waals surface area (Å²) in [4.78, 5) is 23.9. The number of benzene rings is 2. The predicted molar refractivity (Wildman–Crippen MR) is 85.5 cm³/mol. The van der Waals surface area contributed by atoms with Crippen LogP contribution >= 0.6 is 0 Å². The number of carbonyl (C=O) groups is 2. The number of carbonyl (C=O) groups excluding carboxylic acids is 2. The number of halogens is 1. The Morgan fingerprint density at radius 2 is 1.87 bits per heavy atom. The Morgan fingerprint density at radius 3 is 2.65 bits per heavy atom. The molecule has 1 aliphatic rings. The summed E-state index contributed by atoms with van der Waals surface area (Å²) in [7, 11) is 0. The quantitative estimate of drug-likeness (QED) is 0.891.